The van der Waals surface area contributed by atoms with E-state index in [0.717, 1.165) is 0 Å². The standard InChI is InChI=1S/C16H32N6O4S2/c1-27-8-5-11(14(24)22-12(15(25)26)6-9-28-2)21-13(23)10(17)4-3-7-20-16(18)19/h10-12H,3-9,17H2,1-2H3,(H,21,23)(H,22,24)(H,25,26)(H4,18,19,20)/t10-,11-,12-/m0/s1. The lowest BCUT2D eigenvalue weighted by atomic mass is 10.1. The van der Waals surface area contributed by atoms with Crippen molar-refractivity contribution in [3.63, 3.8) is 0 Å². The normalized spacial score (nSPS) is 13.8. The van der Waals surface area contributed by atoms with Crippen LogP contribution in [-0.2, 0) is 14.4 Å². The lowest BCUT2D eigenvalue weighted by Crippen LogP contribution is -2.54. The van der Waals surface area contributed by atoms with Gasteiger partial charge in [-0.2, -0.15) is 23.5 Å². The molecule has 0 saturated heterocycles. The van der Waals surface area contributed by atoms with Crippen molar-refractivity contribution in [1.82, 2.24) is 10.6 Å². The lowest BCUT2D eigenvalue weighted by Gasteiger charge is -2.22. The molecule has 0 spiro atoms. The molecule has 0 aromatic heterocycles. The fourth-order valence-corrected chi connectivity index (χ4v) is 3.14. The van der Waals surface area contributed by atoms with Crippen LogP contribution in [0.25, 0.3) is 0 Å². The number of amides is 2. The molecule has 0 aromatic rings. The molecule has 0 saturated carbocycles. The number of thioether (sulfide) groups is 2. The number of nitrogens with one attached hydrogen (secondary N) is 2. The summed E-state index contributed by atoms with van der Waals surface area (Å²) in [6, 6.07) is -2.66. The molecule has 0 bridgehead atoms. The van der Waals surface area contributed by atoms with E-state index in [1.165, 1.54) is 23.5 Å². The Morgan fingerprint density at radius 1 is 0.964 bits per heavy atom. The molecule has 0 aliphatic carbocycles. The summed E-state index contributed by atoms with van der Waals surface area (Å²) in [5.41, 5.74) is 16.3. The van der Waals surface area contributed by atoms with Crippen molar-refractivity contribution in [3.05, 3.63) is 0 Å². The number of carbonyl (C=O) groups excluding carboxylic acids is 2. The second-order valence-electron chi connectivity index (χ2n) is 6.08. The van der Waals surface area contributed by atoms with Gasteiger partial charge in [0.1, 0.15) is 12.1 Å². The van der Waals surface area contributed by atoms with Crippen molar-refractivity contribution >= 4 is 47.3 Å². The van der Waals surface area contributed by atoms with Gasteiger partial charge in [0.15, 0.2) is 5.96 Å². The number of nitrogens with two attached hydrogens (primary N) is 3. The predicted molar refractivity (Wildman–Crippen MR) is 115 cm³/mol. The van der Waals surface area contributed by atoms with Crippen LogP contribution in [0.4, 0.5) is 0 Å². The molecule has 28 heavy (non-hydrogen) atoms. The lowest BCUT2D eigenvalue weighted by molar-refractivity contribution is -0.142. The number of hydrogen-bond acceptors (Lipinski definition) is 7. The van der Waals surface area contributed by atoms with Crippen LogP contribution in [-0.4, -0.2) is 77.5 Å². The third kappa shape index (κ3) is 11.9. The van der Waals surface area contributed by atoms with Gasteiger partial charge in [0.2, 0.25) is 11.8 Å². The highest BCUT2D eigenvalue weighted by atomic mass is 32.2. The van der Waals surface area contributed by atoms with Gasteiger partial charge in [0, 0.05) is 6.54 Å². The molecule has 0 heterocycles. The van der Waals surface area contributed by atoms with Crippen molar-refractivity contribution in [2.75, 3.05) is 30.6 Å². The maximum absolute atomic E-state index is 12.5. The second kappa shape index (κ2) is 15.3. The fraction of sp³-hybridized carbons (Fsp3) is 0.750. The first kappa shape index (κ1) is 26.3. The van der Waals surface area contributed by atoms with Gasteiger partial charge in [-0.15, -0.1) is 0 Å². The predicted octanol–water partition coefficient (Wildman–Crippen LogP) is -1.07. The number of aliphatic carboxylic acids is 1. The molecular formula is C16H32N6O4S2. The first-order chi connectivity index (χ1) is 13.2. The molecular weight excluding hydrogens is 404 g/mol. The number of guanidine groups is 1. The van der Waals surface area contributed by atoms with Crippen LogP contribution in [0.2, 0.25) is 0 Å². The Kier molecular flexibility index (Phi) is 14.4. The van der Waals surface area contributed by atoms with Crippen molar-refractivity contribution < 1.29 is 19.5 Å². The molecule has 2 amide bonds. The van der Waals surface area contributed by atoms with Gasteiger partial charge in [-0.25, -0.2) is 4.79 Å². The highest BCUT2D eigenvalue weighted by molar-refractivity contribution is 7.98. The van der Waals surface area contributed by atoms with E-state index in [9.17, 15) is 19.5 Å². The minimum Gasteiger partial charge on any atom is -0.480 e. The van der Waals surface area contributed by atoms with Crippen LogP contribution in [0.1, 0.15) is 25.7 Å². The fourth-order valence-electron chi connectivity index (χ4n) is 2.20. The molecule has 3 atom stereocenters. The van der Waals surface area contributed by atoms with Gasteiger partial charge in [-0.05, 0) is 49.7 Å². The summed E-state index contributed by atoms with van der Waals surface area (Å²) in [6.07, 6.45) is 5.28. The molecule has 0 aromatic carbocycles. The summed E-state index contributed by atoms with van der Waals surface area (Å²) >= 11 is 3.01. The molecule has 12 heteroatoms. The third-order valence-corrected chi connectivity index (χ3v) is 5.06. The van der Waals surface area contributed by atoms with Crippen LogP contribution >= 0.6 is 23.5 Å². The van der Waals surface area contributed by atoms with Crippen molar-refractivity contribution in [2.45, 2.75) is 43.8 Å². The van der Waals surface area contributed by atoms with E-state index in [0.29, 0.717) is 43.7 Å². The topological polar surface area (TPSA) is 186 Å². The minimum atomic E-state index is -1.10. The van der Waals surface area contributed by atoms with E-state index in [1.807, 2.05) is 12.5 Å². The average Bonchev–Trinajstić information content (AvgIpc) is 2.64. The minimum absolute atomic E-state index is 0.0266. The monoisotopic (exact) mass is 436 g/mol. The van der Waals surface area contributed by atoms with Crippen LogP contribution in [0, 0.1) is 0 Å². The summed E-state index contributed by atoms with van der Waals surface area (Å²) in [5.74, 6) is -0.902. The summed E-state index contributed by atoms with van der Waals surface area (Å²) in [5, 5.41) is 14.4. The van der Waals surface area contributed by atoms with Gasteiger partial charge >= 0.3 is 5.97 Å². The smallest absolute Gasteiger partial charge is 0.326 e. The summed E-state index contributed by atoms with van der Waals surface area (Å²) in [7, 11) is 0. The summed E-state index contributed by atoms with van der Waals surface area (Å²) in [4.78, 5) is 40.0. The zero-order valence-electron chi connectivity index (χ0n) is 16.3. The van der Waals surface area contributed by atoms with Gasteiger partial charge in [-0.1, -0.05) is 0 Å². The number of rotatable bonds is 15. The van der Waals surface area contributed by atoms with Crippen molar-refractivity contribution in [3.8, 4) is 0 Å². The Hall–Kier alpha value is -1.66. The Morgan fingerprint density at radius 3 is 2.00 bits per heavy atom. The second-order valence-corrected chi connectivity index (χ2v) is 8.05. The number of carboxylic acid groups (broad SMARTS) is 1. The number of carboxylic acids is 1. The number of carbonyl (C=O) groups is 3. The number of hydrogen-bond donors (Lipinski definition) is 6. The van der Waals surface area contributed by atoms with Crippen molar-refractivity contribution in [2.24, 2.45) is 22.2 Å². The van der Waals surface area contributed by atoms with Crippen LogP contribution in [0.15, 0.2) is 4.99 Å². The maximum Gasteiger partial charge on any atom is 0.326 e. The van der Waals surface area contributed by atoms with Crippen LogP contribution in [0.3, 0.4) is 0 Å². The molecule has 0 unspecified atom stereocenters. The average molecular weight is 437 g/mol. The number of aliphatic imine (C=N–C) groups is 1. The zero-order chi connectivity index (χ0) is 21.5. The highest BCUT2D eigenvalue weighted by Crippen LogP contribution is 2.06. The van der Waals surface area contributed by atoms with Gasteiger partial charge in [0.05, 0.1) is 6.04 Å². The van der Waals surface area contributed by atoms with E-state index in [1.54, 1.807) is 0 Å². The Morgan fingerprint density at radius 2 is 1.50 bits per heavy atom. The zero-order valence-corrected chi connectivity index (χ0v) is 18.0. The van der Waals surface area contributed by atoms with E-state index in [4.69, 9.17) is 17.2 Å². The molecule has 10 nitrogen and oxygen atoms in total. The summed E-state index contributed by atoms with van der Waals surface area (Å²) < 4.78 is 0. The SMILES string of the molecule is CSCC[C@H](NC(=O)[C@H](CCSC)NC(=O)[C@@H](N)CCCN=C(N)N)C(=O)O. The Bertz CT molecular complexity index is 531. The maximum atomic E-state index is 12.5. The molecule has 0 rings (SSSR count). The van der Waals surface area contributed by atoms with Gasteiger partial charge < -0.3 is 32.9 Å². The van der Waals surface area contributed by atoms with E-state index < -0.39 is 35.9 Å². The van der Waals surface area contributed by atoms with Crippen LogP contribution < -0.4 is 27.8 Å². The number of nitrogens with zero attached hydrogens (tertiary/aromatic N) is 1. The Labute approximate surface area is 174 Å². The molecule has 0 radical (unpaired) electrons. The highest BCUT2D eigenvalue weighted by Gasteiger charge is 2.27. The summed E-state index contributed by atoms with van der Waals surface area (Å²) in [6.45, 7) is 0.357. The first-order valence-corrected chi connectivity index (χ1v) is 11.6. The Balaban J connectivity index is 4.80. The van der Waals surface area contributed by atoms with Crippen molar-refractivity contribution in [1.29, 1.82) is 0 Å². The molecule has 162 valence electrons. The van der Waals surface area contributed by atoms with Crippen LogP contribution in [0.5, 0.6) is 0 Å². The molecule has 9 N–H and O–H groups in total. The molecule has 0 fully saturated rings. The van der Waals surface area contributed by atoms with Gasteiger partial charge in [-0.3, -0.25) is 14.6 Å². The molecule has 0 aliphatic rings. The van der Waals surface area contributed by atoms with Gasteiger partial charge in [0.25, 0.3) is 0 Å². The third-order valence-electron chi connectivity index (χ3n) is 3.77. The largest absolute Gasteiger partial charge is 0.480 e. The quantitative estimate of drug-likeness (QED) is 0.106. The van der Waals surface area contributed by atoms with E-state index in [2.05, 4.69) is 15.6 Å². The van der Waals surface area contributed by atoms with E-state index >= 15 is 0 Å². The molecule has 0 aliphatic heterocycles. The van der Waals surface area contributed by atoms with E-state index in [-0.39, 0.29) is 5.96 Å². The first-order valence-electron chi connectivity index (χ1n) is 8.85.